The van der Waals surface area contributed by atoms with Gasteiger partial charge in [-0.1, -0.05) is 226 Å². The molecule has 5 heteroatoms. The van der Waals surface area contributed by atoms with Gasteiger partial charge >= 0.3 is 0 Å². The maximum absolute atomic E-state index is 2.70. The van der Waals surface area contributed by atoms with Gasteiger partial charge < -0.3 is 14.0 Å². The van der Waals surface area contributed by atoms with Crippen LogP contribution in [0.4, 0.5) is 17.1 Å². The van der Waals surface area contributed by atoms with Crippen molar-refractivity contribution in [2.75, 3.05) is 4.90 Å². The Labute approximate surface area is 487 Å². The van der Waals surface area contributed by atoms with Crippen LogP contribution in [-0.2, 0) is 5.41 Å². The van der Waals surface area contributed by atoms with Gasteiger partial charge in [-0.05, 0) is 151 Å². The first-order chi connectivity index (χ1) is 40.8. The Morgan fingerprint density at radius 3 is 1.40 bits per heavy atom. The Kier molecular flexibility index (Phi) is 10.6. The van der Waals surface area contributed by atoms with Gasteiger partial charge in [-0.3, -0.25) is 0 Å². The van der Waals surface area contributed by atoms with Crippen molar-refractivity contribution in [1.29, 1.82) is 0 Å². The van der Waals surface area contributed by atoms with Crippen LogP contribution in [0.15, 0.2) is 283 Å². The lowest BCUT2D eigenvalue weighted by Gasteiger charge is -2.42. The molecule has 0 bridgehead atoms. The first kappa shape index (κ1) is 48.0. The summed E-state index contributed by atoms with van der Waals surface area (Å²) < 4.78 is 4.96. The highest BCUT2D eigenvalue weighted by Gasteiger charge is 2.43. The molecule has 390 valence electrons. The zero-order valence-electron chi connectivity index (χ0n) is 46.3. The highest BCUT2D eigenvalue weighted by Crippen LogP contribution is 2.52. The van der Waals surface area contributed by atoms with Crippen LogP contribution in [0.5, 0.6) is 0 Å². The summed E-state index contributed by atoms with van der Waals surface area (Å²) in [4.78, 5) is 5.23. The Bertz CT molecular complexity index is 5010. The van der Waals surface area contributed by atoms with Crippen LogP contribution in [-0.4, -0.2) is 15.8 Å². The summed E-state index contributed by atoms with van der Waals surface area (Å²) in [5.74, 6) is 0. The SMILES string of the molecule is CC(C)(C)c1cc(-c2ccccc2)c(N2c3cc(-n4c5ccccc5c5ccccc54)ccc3B3c4ccc(-n5c6ccccc6c6ccccc65)cc4Sc4cc(-c5cccc6cc7ccccc7cc56)cc2c43)c(-c2ccccc2)c1. The fraction of sp³-hybridized carbons (Fsp3) is 0.0513. The van der Waals surface area contributed by atoms with E-state index >= 15 is 0 Å². The van der Waals surface area contributed by atoms with Gasteiger partial charge in [0.2, 0.25) is 6.71 Å². The molecular weight excluding hydrogens is 1020 g/mol. The van der Waals surface area contributed by atoms with Gasteiger partial charge in [-0.15, -0.1) is 0 Å². The molecule has 2 aromatic heterocycles. The molecular formula is C78H54BN3S. The number of aromatic nitrogens is 2. The molecule has 0 N–H and O–H groups in total. The second kappa shape index (κ2) is 18.4. The van der Waals surface area contributed by atoms with E-state index in [4.69, 9.17) is 0 Å². The van der Waals surface area contributed by atoms with Gasteiger partial charge in [0.1, 0.15) is 0 Å². The topological polar surface area (TPSA) is 13.1 Å². The number of rotatable bonds is 6. The van der Waals surface area contributed by atoms with E-state index in [1.54, 1.807) is 0 Å². The highest BCUT2D eigenvalue weighted by atomic mass is 32.2. The molecule has 0 amide bonds. The van der Waals surface area contributed by atoms with E-state index in [-0.39, 0.29) is 12.1 Å². The lowest BCUT2D eigenvalue weighted by molar-refractivity contribution is 0.591. The van der Waals surface area contributed by atoms with Gasteiger partial charge in [0, 0.05) is 65.2 Å². The van der Waals surface area contributed by atoms with Crippen LogP contribution < -0.4 is 21.3 Å². The first-order valence-electron chi connectivity index (χ1n) is 28.9. The first-order valence-corrected chi connectivity index (χ1v) is 29.7. The summed E-state index contributed by atoms with van der Waals surface area (Å²) in [7, 11) is 0. The van der Waals surface area contributed by atoms with Crippen LogP contribution in [0, 0.1) is 0 Å². The van der Waals surface area contributed by atoms with Gasteiger partial charge in [0.05, 0.1) is 27.8 Å². The molecule has 0 saturated carbocycles. The standard InChI is InChI=1S/C78H54BN3S/c1-78(2,3)55-45-64(49-21-6-4-7-22-49)77(65(46-55)50-23-8-5-9-24-50)82-72-47-56(80-68-33-16-12-28-59(68)60-29-13-17-34-69(60)80)37-39-66(72)79-67-40-38-57(81-70-35-18-14-30-61(70)62-31-15-19-36-71(62)81)48-74(67)83-75-44-54(43-73(82)76(75)79)58-32-20-27-53-41-51-25-10-11-26-52(51)42-63(53)58/h4-48H,1-3H3. The maximum Gasteiger partial charge on any atom is 0.249 e. The Balaban J connectivity index is 1.01. The van der Waals surface area contributed by atoms with Gasteiger partial charge in [0.25, 0.3) is 0 Å². The number of para-hydroxylation sites is 4. The molecule has 83 heavy (non-hydrogen) atoms. The lowest BCUT2D eigenvalue weighted by atomic mass is 9.34. The molecule has 17 rings (SSSR count). The van der Waals surface area contributed by atoms with Crippen LogP contribution in [0.1, 0.15) is 26.3 Å². The largest absolute Gasteiger partial charge is 0.310 e. The van der Waals surface area contributed by atoms with Crippen molar-refractivity contribution in [3.05, 3.63) is 279 Å². The monoisotopic (exact) mass is 1080 g/mol. The Hall–Kier alpha value is -9.81. The van der Waals surface area contributed by atoms with E-state index in [1.807, 2.05) is 11.8 Å². The number of hydrogen-bond acceptors (Lipinski definition) is 2. The zero-order chi connectivity index (χ0) is 55.1. The van der Waals surface area contributed by atoms with Crippen LogP contribution in [0.25, 0.3) is 110 Å². The van der Waals surface area contributed by atoms with E-state index in [9.17, 15) is 0 Å². The quantitative estimate of drug-likeness (QED) is 0.122. The van der Waals surface area contributed by atoms with Crippen molar-refractivity contribution in [1.82, 2.24) is 9.13 Å². The molecule has 0 spiro atoms. The van der Waals surface area contributed by atoms with Crippen molar-refractivity contribution in [3.8, 4) is 44.8 Å². The molecule has 13 aromatic carbocycles. The van der Waals surface area contributed by atoms with Crippen LogP contribution >= 0.6 is 11.8 Å². The minimum Gasteiger partial charge on any atom is -0.310 e. The molecule has 0 radical (unpaired) electrons. The second-order valence-corrected chi connectivity index (χ2v) is 24.7. The summed E-state index contributed by atoms with van der Waals surface area (Å²) in [6.45, 7) is 6.96. The third-order valence-corrected chi connectivity index (χ3v) is 19.0. The van der Waals surface area contributed by atoms with Crippen molar-refractivity contribution in [3.63, 3.8) is 0 Å². The molecule has 2 aliphatic heterocycles. The molecule has 0 atom stereocenters. The van der Waals surface area contributed by atoms with E-state index in [2.05, 4.69) is 308 Å². The normalized spacial score (nSPS) is 12.9. The zero-order valence-corrected chi connectivity index (χ0v) is 47.1. The average molecular weight is 1080 g/mol. The number of benzene rings is 13. The smallest absolute Gasteiger partial charge is 0.249 e. The summed E-state index contributed by atoms with van der Waals surface area (Å²) in [6.07, 6.45) is 0. The number of fused-ring (bicyclic) bond motifs is 12. The number of nitrogens with zero attached hydrogens (tertiary/aromatic N) is 3. The second-order valence-electron chi connectivity index (χ2n) is 23.6. The number of hydrogen-bond donors (Lipinski definition) is 0. The molecule has 0 aliphatic carbocycles. The summed E-state index contributed by atoms with van der Waals surface area (Å²) >= 11 is 1.93. The summed E-state index contributed by atoms with van der Waals surface area (Å²) in [5, 5.41) is 9.96. The fourth-order valence-corrected chi connectivity index (χ4v) is 15.2. The van der Waals surface area contributed by atoms with Crippen molar-refractivity contribution in [2.24, 2.45) is 0 Å². The Morgan fingerprint density at radius 1 is 0.337 bits per heavy atom. The lowest BCUT2D eigenvalue weighted by Crippen LogP contribution is -2.60. The van der Waals surface area contributed by atoms with E-state index in [0.717, 1.165) is 22.7 Å². The molecule has 0 saturated heterocycles. The predicted molar refractivity (Wildman–Crippen MR) is 355 cm³/mol. The van der Waals surface area contributed by atoms with Crippen LogP contribution in [0.3, 0.4) is 0 Å². The van der Waals surface area contributed by atoms with Crippen molar-refractivity contribution >= 4 is 117 Å². The van der Waals surface area contributed by atoms with E-state index < -0.39 is 0 Å². The summed E-state index contributed by atoms with van der Waals surface area (Å²) in [6, 6.07) is 103. The molecule has 15 aromatic rings. The third-order valence-electron chi connectivity index (χ3n) is 17.8. The predicted octanol–water partition coefficient (Wildman–Crippen LogP) is 19.2. The van der Waals surface area contributed by atoms with Crippen molar-refractivity contribution < 1.29 is 0 Å². The highest BCUT2D eigenvalue weighted by molar-refractivity contribution is 8.00. The molecule has 2 aliphatic rings. The van der Waals surface area contributed by atoms with Gasteiger partial charge in [-0.25, -0.2) is 0 Å². The molecule has 0 fully saturated rings. The third kappa shape index (κ3) is 7.40. The van der Waals surface area contributed by atoms with Gasteiger partial charge in [0.15, 0.2) is 0 Å². The van der Waals surface area contributed by atoms with E-state index in [0.29, 0.717) is 0 Å². The van der Waals surface area contributed by atoms with Crippen LogP contribution in [0.2, 0.25) is 0 Å². The number of anilines is 3. The minimum absolute atomic E-state index is 0.0818. The van der Waals surface area contributed by atoms with Crippen molar-refractivity contribution in [2.45, 2.75) is 36.0 Å². The fourth-order valence-electron chi connectivity index (χ4n) is 14.0. The molecule has 3 nitrogen and oxygen atoms in total. The van der Waals surface area contributed by atoms with Gasteiger partial charge in [-0.2, -0.15) is 0 Å². The minimum atomic E-state index is -0.143. The average Bonchev–Trinajstić information content (AvgIpc) is 3.67. The Morgan fingerprint density at radius 2 is 0.831 bits per heavy atom. The molecule has 0 unspecified atom stereocenters. The molecule has 4 heterocycles. The maximum atomic E-state index is 2.70. The van der Waals surface area contributed by atoms with E-state index in [1.165, 1.54) is 136 Å². The summed E-state index contributed by atoms with van der Waals surface area (Å²) in [5.41, 5.74) is 22.8.